The molecule has 0 amide bonds. The number of pyridine rings is 1. The van der Waals surface area contributed by atoms with Gasteiger partial charge in [-0.2, -0.15) is 0 Å². The van der Waals surface area contributed by atoms with Gasteiger partial charge in [0.25, 0.3) is 0 Å². The Morgan fingerprint density at radius 3 is 2.68 bits per heavy atom. The highest BCUT2D eigenvalue weighted by Crippen LogP contribution is 2.52. The molecule has 2 fully saturated rings. The molecule has 2 aliphatic rings. The maximum absolute atomic E-state index is 11.7. The van der Waals surface area contributed by atoms with Crippen LogP contribution in [0.2, 0.25) is 0 Å². The first-order valence-electron chi connectivity index (χ1n) is 9.11. The number of nitrogens with two attached hydrogens (primary N) is 1. The fraction of sp³-hybridized carbons (Fsp3) is 0.684. The second-order valence-electron chi connectivity index (χ2n) is 8.09. The minimum Gasteiger partial charge on any atom is -0.490 e. The van der Waals surface area contributed by atoms with Gasteiger partial charge in [0, 0.05) is 30.4 Å². The number of aliphatic carboxylic acids is 1. The van der Waals surface area contributed by atoms with E-state index in [2.05, 4.69) is 4.98 Å². The van der Waals surface area contributed by atoms with Crippen LogP contribution in [0.15, 0.2) is 18.3 Å². The van der Waals surface area contributed by atoms with Crippen LogP contribution in [0.5, 0.6) is 5.75 Å². The van der Waals surface area contributed by atoms with E-state index in [4.69, 9.17) is 10.5 Å². The fourth-order valence-electron chi connectivity index (χ4n) is 3.92. The lowest BCUT2D eigenvalue weighted by Crippen LogP contribution is -2.56. The highest BCUT2D eigenvalue weighted by Gasteiger charge is 2.47. The lowest BCUT2D eigenvalue weighted by molar-refractivity contribution is -0.161. The Morgan fingerprint density at radius 2 is 2.08 bits per heavy atom. The molecule has 2 saturated carbocycles. The summed E-state index contributed by atoms with van der Waals surface area (Å²) < 4.78 is 6.02. The molecule has 1 aromatic heterocycles. The maximum atomic E-state index is 11.7. The minimum absolute atomic E-state index is 0.136. The monoisotopic (exact) mass is 348 g/mol. The summed E-state index contributed by atoms with van der Waals surface area (Å²) in [5.41, 5.74) is 4.44. The molecule has 0 spiro atoms. The van der Waals surface area contributed by atoms with Crippen molar-refractivity contribution in [2.75, 3.05) is 0 Å². The number of carbonyl (C=O) groups is 1. The largest absolute Gasteiger partial charge is 0.490 e. The molecular formula is C19H28N2O4. The summed E-state index contributed by atoms with van der Waals surface area (Å²) in [5.74, 6) is 1.22. The van der Waals surface area contributed by atoms with Crippen molar-refractivity contribution in [1.82, 2.24) is 4.98 Å². The van der Waals surface area contributed by atoms with Crippen molar-refractivity contribution in [2.45, 2.75) is 63.7 Å². The van der Waals surface area contributed by atoms with Crippen molar-refractivity contribution >= 4 is 5.97 Å². The van der Waals surface area contributed by atoms with E-state index in [0.29, 0.717) is 17.9 Å². The van der Waals surface area contributed by atoms with E-state index in [1.165, 1.54) is 6.42 Å². The van der Waals surface area contributed by atoms with Crippen LogP contribution in [0, 0.1) is 17.8 Å². The molecule has 6 nitrogen and oxygen atoms in total. The molecule has 6 heteroatoms. The van der Waals surface area contributed by atoms with E-state index in [1.54, 1.807) is 18.3 Å². The van der Waals surface area contributed by atoms with Crippen molar-refractivity contribution in [1.29, 1.82) is 0 Å². The van der Waals surface area contributed by atoms with Gasteiger partial charge >= 0.3 is 5.97 Å². The number of carboxylic acids is 1. The van der Waals surface area contributed by atoms with Crippen molar-refractivity contribution in [2.24, 2.45) is 23.5 Å². The number of aromatic nitrogens is 1. The molecule has 1 aromatic rings. The summed E-state index contributed by atoms with van der Waals surface area (Å²) >= 11 is 0. The second kappa shape index (κ2) is 6.92. The van der Waals surface area contributed by atoms with Crippen LogP contribution in [-0.2, 0) is 11.2 Å². The number of nitrogens with zero attached hydrogens (tertiary/aromatic N) is 1. The van der Waals surface area contributed by atoms with Gasteiger partial charge in [-0.05, 0) is 49.5 Å². The van der Waals surface area contributed by atoms with Gasteiger partial charge in [0.2, 0.25) is 0 Å². The first-order chi connectivity index (χ1) is 11.8. The molecule has 0 unspecified atom stereocenters. The number of carboxylic acid groups (broad SMARTS) is 1. The van der Waals surface area contributed by atoms with E-state index in [1.807, 2.05) is 13.8 Å². The maximum Gasteiger partial charge on any atom is 0.337 e. The minimum atomic E-state index is -2.04. The standard InChI is InChI=1S/C19H28N2O4/c1-11(2)5-17(20)19(24,18(22)23)10-14-9-15(3-4-21-14)25-16-7-12-6-13(12)8-16/h3-4,9,11-13,16-17,24H,5-8,10,20H2,1-2H3,(H,22,23)/t12-,13+,16+,17-,19+/m0/s1. The predicted octanol–water partition coefficient (Wildman–Crippen LogP) is 1.99. The van der Waals surface area contributed by atoms with Crippen LogP contribution in [0.1, 0.15) is 45.2 Å². The first-order valence-corrected chi connectivity index (χ1v) is 9.11. The number of rotatable bonds is 8. The molecule has 0 aliphatic heterocycles. The molecule has 138 valence electrons. The molecule has 5 atom stereocenters. The van der Waals surface area contributed by atoms with Crippen molar-refractivity contribution in [3.05, 3.63) is 24.0 Å². The Labute approximate surface area is 148 Å². The van der Waals surface area contributed by atoms with Gasteiger partial charge in [-0.25, -0.2) is 4.79 Å². The van der Waals surface area contributed by atoms with Crippen LogP contribution in [0.25, 0.3) is 0 Å². The van der Waals surface area contributed by atoms with Crippen LogP contribution in [0.4, 0.5) is 0 Å². The van der Waals surface area contributed by atoms with Crippen molar-refractivity contribution < 1.29 is 19.7 Å². The Morgan fingerprint density at radius 1 is 1.40 bits per heavy atom. The normalized spacial score (nSPS) is 28.3. The van der Waals surface area contributed by atoms with Gasteiger partial charge in [-0.15, -0.1) is 0 Å². The number of hydrogen-bond donors (Lipinski definition) is 3. The van der Waals surface area contributed by atoms with E-state index < -0.39 is 17.6 Å². The molecule has 0 radical (unpaired) electrons. The van der Waals surface area contributed by atoms with E-state index >= 15 is 0 Å². The number of fused-ring (bicyclic) bond motifs is 1. The predicted molar refractivity (Wildman–Crippen MR) is 93.2 cm³/mol. The molecule has 0 saturated heterocycles. The molecule has 1 heterocycles. The Balaban J connectivity index is 1.69. The summed E-state index contributed by atoms with van der Waals surface area (Å²) in [7, 11) is 0. The summed E-state index contributed by atoms with van der Waals surface area (Å²) in [5, 5.41) is 20.2. The quantitative estimate of drug-likeness (QED) is 0.663. The third-order valence-electron chi connectivity index (χ3n) is 5.45. The number of aliphatic hydroxyl groups is 1. The second-order valence-corrected chi connectivity index (χ2v) is 8.09. The van der Waals surface area contributed by atoms with Gasteiger partial charge < -0.3 is 20.7 Å². The summed E-state index contributed by atoms with van der Waals surface area (Å²) in [4.78, 5) is 15.9. The fourth-order valence-corrected chi connectivity index (χ4v) is 3.92. The average molecular weight is 348 g/mol. The van der Waals surface area contributed by atoms with Gasteiger partial charge in [-0.3, -0.25) is 4.98 Å². The molecule has 4 N–H and O–H groups in total. The Hall–Kier alpha value is -1.66. The van der Waals surface area contributed by atoms with Crippen molar-refractivity contribution in [3.63, 3.8) is 0 Å². The molecule has 3 rings (SSSR count). The van der Waals surface area contributed by atoms with E-state index in [-0.39, 0.29) is 18.4 Å². The van der Waals surface area contributed by atoms with Crippen LogP contribution in [0.3, 0.4) is 0 Å². The van der Waals surface area contributed by atoms with Crippen LogP contribution >= 0.6 is 0 Å². The lowest BCUT2D eigenvalue weighted by atomic mass is 9.84. The third kappa shape index (κ3) is 4.12. The number of ether oxygens (including phenoxy) is 1. The van der Waals surface area contributed by atoms with Crippen molar-refractivity contribution in [3.8, 4) is 5.75 Å². The number of hydrogen-bond acceptors (Lipinski definition) is 5. The summed E-state index contributed by atoms with van der Waals surface area (Å²) in [6.07, 6.45) is 5.65. The van der Waals surface area contributed by atoms with Crippen LogP contribution in [-0.4, -0.2) is 38.9 Å². The summed E-state index contributed by atoms with van der Waals surface area (Å²) in [6.45, 7) is 3.89. The highest BCUT2D eigenvalue weighted by atomic mass is 16.5. The van der Waals surface area contributed by atoms with Gasteiger partial charge in [0.15, 0.2) is 5.60 Å². The lowest BCUT2D eigenvalue weighted by Gasteiger charge is -2.30. The zero-order chi connectivity index (χ0) is 18.2. The van der Waals surface area contributed by atoms with Crippen LogP contribution < -0.4 is 10.5 Å². The van der Waals surface area contributed by atoms with Gasteiger partial charge in [0.1, 0.15) is 5.75 Å². The molecule has 0 aromatic carbocycles. The average Bonchev–Trinajstić information content (AvgIpc) is 3.13. The molecular weight excluding hydrogens is 320 g/mol. The topological polar surface area (TPSA) is 106 Å². The van der Waals surface area contributed by atoms with Gasteiger partial charge in [0.05, 0.1) is 6.10 Å². The van der Waals surface area contributed by atoms with E-state index in [9.17, 15) is 15.0 Å². The highest BCUT2D eigenvalue weighted by molar-refractivity contribution is 5.78. The molecule has 25 heavy (non-hydrogen) atoms. The Bertz CT molecular complexity index is 626. The zero-order valence-electron chi connectivity index (χ0n) is 14.9. The Kier molecular flexibility index (Phi) is 5.02. The molecule has 2 aliphatic carbocycles. The van der Waals surface area contributed by atoms with Gasteiger partial charge in [-0.1, -0.05) is 13.8 Å². The van der Waals surface area contributed by atoms with E-state index in [0.717, 1.165) is 24.7 Å². The first kappa shape index (κ1) is 18.1. The SMILES string of the molecule is CC(C)C[C@H](N)[C@](O)(Cc1cc(O[C@@H]2C[C@@H]3C[C@@H]3C2)ccn1)C(=O)O. The smallest absolute Gasteiger partial charge is 0.337 e. The molecule has 0 bridgehead atoms. The summed E-state index contributed by atoms with van der Waals surface area (Å²) in [6, 6.07) is 2.64. The zero-order valence-corrected chi connectivity index (χ0v) is 14.9. The third-order valence-corrected chi connectivity index (χ3v) is 5.45.